The summed E-state index contributed by atoms with van der Waals surface area (Å²) in [6, 6.07) is 0.562. The summed E-state index contributed by atoms with van der Waals surface area (Å²) in [4.78, 5) is 0. The van der Waals surface area contributed by atoms with E-state index < -0.39 is 0 Å². The van der Waals surface area contributed by atoms with Crippen LogP contribution in [-0.4, -0.2) is 12.1 Å². The average molecular weight is 144 g/mol. The predicted molar refractivity (Wildman–Crippen MR) is 45.8 cm³/mol. The quantitative estimate of drug-likeness (QED) is 0.537. The van der Waals surface area contributed by atoms with Gasteiger partial charge >= 0.3 is 0 Å². The van der Waals surface area contributed by atoms with Gasteiger partial charge in [0.1, 0.15) is 0 Å². The molecule has 0 amide bonds. The van der Waals surface area contributed by atoms with Gasteiger partial charge in [0, 0.05) is 12.1 Å². The molecule has 0 spiro atoms. The Morgan fingerprint density at radius 2 is 1.20 bits per heavy atom. The van der Waals surface area contributed by atoms with E-state index in [0.29, 0.717) is 0 Å². The molecule has 0 bridgehead atoms. The zero-order chi connectivity index (χ0) is 7.98. The van der Waals surface area contributed by atoms with Crippen LogP contribution < -0.4 is 11.5 Å². The maximum Gasteiger partial charge on any atom is 0.0192 e. The highest BCUT2D eigenvalue weighted by molar-refractivity contribution is 4.79. The molecule has 2 nitrogen and oxygen atoms in total. The Morgan fingerprint density at radius 3 is 1.40 bits per heavy atom. The van der Waals surface area contributed by atoms with Gasteiger partial charge in [-0.05, 0) is 12.8 Å². The van der Waals surface area contributed by atoms with Crippen molar-refractivity contribution >= 4 is 0 Å². The summed E-state index contributed by atoms with van der Waals surface area (Å²) in [5.41, 5.74) is 11.3. The van der Waals surface area contributed by atoms with Crippen molar-refractivity contribution in [1.29, 1.82) is 0 Å². The largest absolute Gasteiger partial charge is 0.326 e. The van der Waals surface area contributed by atoms with Gasteiger partial charge in [0.15, 0.2) is 0 Å². The van der Waals surface area contributed by atoms with Gasteiger partial charge in [0.2, 0.25) is 0 Å². The molecule has 0 radical (unpaired) electrons. The average Bonchev–Trinajstić information content (AvgIpc) is 2.00. The fourth-order valence-corrected chi connectivity index (χ4v) is 1.19. The molecular weight excluding hydrogens is 124 g/mol. The summed E-state index contributed by atoms with van der Waals surface area (Å²) < 4.78 is 0. The third kappa shape index (κ3) is 3.18. The molecule has 0 heterocycles. The summed E-state index contributed by atoms with van der Waals surface area (Å²) >= 11 is 0. The van der Waals surface area contributed by atoms with Crippen molar-refractivity contribution in [3.8, 4) is 0 Å². The summed E-state index contributed by atoms with van der Waals surface area (Å²) in [5, 5.41) is 0. The second-order valence-corrected chi connectivity index (χ2v) is 2.61. The minimum absolute atomic E-state index is 0.281. The SMILES string of the molecule is CC.N[C@@H]1CCCC[C@@H]1N. The Morgan fingerprint density at radius 1 is 0.900 bits per heavy atom. The lowest BCUT2D eigenvalue weighted by molar-refractivity contribution is 0.385. The van der Waals surface area contributed by atoms with Gasteiger partial charge in [0.25, 0.3) is 0 Å². The van der Waals surface area contributed by atoms with Gasteiger partial charge in [-0.1, -0.05) is 26.7 Å². The first-order chi connectivity index (χ1) is 4.80. The lowest BCUT2D eigenvalue weighted by Crippen LogP contribution is -2.43. The minimum Gasteiger partial charge on any atom is -0.326 e. The molecule has 4 N–H and O–H groups in total. The predicted octanol–water partition coefficient (Wildman–Crippen LogP) is 1.24. The van der Waals surface area contributed by atoms with E-state index in [4.69, 9.17) is 11.5 Å². The molecule has 10 heavy (non-hydrogen) atoms. The summed E-state index contributed by atoms with van der Waals surface area (Å²) in [7, 11) is 0. The van der Waals surface area contributed by atoms with Crippen molar-refractivity contribution in [2.75, 3.05) is 0 Å². The Hall–Kier alpha value is -0.0800. The Kier molecular flexibility index (Phi) is 5.64. The van der Waals surface area contributed by atoms with E-state index >= 15 is 0 Å². The normalized spacial score (nSPS) is 32.4. The maximum atomic E-state index is 5.65. The lowest BCUT2D eigenvalue weighted by atomic mass is 9.92. The Balaban J connectivity index is 0.000000371. The van der Waals surface area contributed by atoms with Gasteiger partial charge in [-0.2, -0.15) is 0 Å². The molecule has 1 aliphatic carbocycles. The van der Waals surface area contributed by atoms with Crippen LogP contribution in [0.2, 0.25) is 0 Å². The monoisotopic (exact) mass is 144 g/mol. The fourth-order valence-electron chi connectivity index (χ4n) is 1.19. The van der Waals surface area contributed by atoms with E-state index in [-0.39, 0.29) is 12.1 Å². The van der Waals surface area contributed by atoms with E-state index in [9.17, 15) is 0 Å². The van der Waals surface area contributed by atoms with Crippen LogP contribution in [0, 0.1) is 0 Å². The van der Waals surface area contributed by atoms with E-state index in [1.807, 2.05) is 13.8 Å². The van der Waals surface area contributed by atoms with Crippen LogP contribution in [0.4, 0.5) is 0 Å². The molecule has 1 rings (SSSR count). The summed E-state index contributed by atoms with van der Waals surface area (Å²) in [6.07, 6.45) is 4.80. The summed E-state index contributed by atoms with van der Waals surface area (Å²) in [6.45, 7) is 4.00. The molecule has 1 aliphatic rings. The molecule has 2 heteroatoms. The Labute approximate surface area is 64.0 Å². The van der Waals surface area contributed by atoms with Crippen LogP contribution >= 0.6 is 0 Å². The molecule has 0 aliphatic heterocycles. The molecule has 0 unspecified atom stereocenters. The highest BCUT2D eigenvalue weighted by Crippen LogP contribution is 2.14. The van der Waals surface area contributed by atoms with Crippen molar-refractivity contribution < 1.29 is 0 Å². The summed E-state index contributed by atoms with van der Waals surface area (Å²) in [5.74, 6) is 0. The second-order valence-electron chi connectivity index (χ2n) is 2.61. The minimum atomic E-state index is 0.281. The molecular formula is C8H20N2. The molecule has 1 saturated carbocycles. The third-order valence-electron chi connectivity index (χ3n) is 1.87. The van der Waals surface area contributed by atoms with Gasteiger partial charge in [-0.3, -0.25) is 0 Å². The first-order valence-electron chi connectivity index (χ1n) is 4.32. The van der Waals surface area contributed by atoms with Crippen molar-refractivity contribution in [1.82, 2.24) is 0 Å². The van der Waals surface area contributed by atoms with Crippen molar-refractivity contribution in [3.05, 3.63) is 0 Å². The molecule has 62 valence electrons. The zero-order valence-corrected chi connectivity index (χ0v) is 7.14. The molecule has 0 aromatic heterocycles. The highest BCUT2D eigenvalue weighted by Gasteiger charge is 2.16. The standard InChI is InChI=1S/C6H14N2.C2H6/c7-5-3-1-2-4-6(5)8;1-2/h5-6H,1-4,7-8H2;1-2H3/t5-,6+;. The molecule has 0 aromatic rings. The fraction of sp³-hybridized carbons (Fsp3) is 1.00. The van der Waals surface area contributed by atoms with Crippen LogP contribution in [0.1, 0.15) is 39.5 Å². The van der Waals surface area contributed by atoms with Crippen molar-refractivity contribution in [2.45, 2.75) is 51.6 Å². The maximum absolute atomic E-state index is 5.65. The number of nitrogens with two attached hydrogens (primary N) is 2. The molecule has 2 atom stereocenters. The van der Waals surface area contributed by atoms with Crippen LogP contribution in [0.3, 0.4) is 0 Å². The van der Waals surface area contributed by atoms with E-state index in [2.05, 4.69) is 0 Å². The van der Waals surface area contributed by atoms with E-state index in [1.165, 1.54) is 12.8 Å². The van der Waals surface area contributed by atoms with Crippen LogP contribution in [0.15, 0.2) is 0 Å². The zero-order valence-electron chi connectivity index (χ0n) is 7.14. The third-order valence-corrected chi connectivity index (χ3v) is 1.87. The van der Waals surface area contributed by atoms with E-state index in [1.54, 1.807) is 0 Å². The molecule has 1 fully saturated rings. The Bertz CT molecular complexity index is 63.7. The van der Waals surface area contributed by atoms with Crippen LogP contribution in [-0.2, 0) is 0 Å². The van der Waals surface area contributed by atoms with Crippen molar-refractivity contribution in [3.63, 3.8) is 0 Å². The number of hydrogen-bond acceptors (Lipinski definition) is 2. The first kappa shape index (κ1) is 9.92. The van der Waals surface area contributed by atoms with E-state index in [0.717, 1.165) is 12.8 Å². The van der Waals surface area contributed by atoms with Gasteiger partial charge in [-0.25, -0.2) is 0 Å². The number of hydrogen-bond donors (Lipinski definition) is 2. The lowest BCUT2D eigenvalue weighted by Gasteiger charge is -2.24. The highest BCUT2D eigenvalue weighted by atomic mass is 14.8. The molecule has 0 aromatic carbocycles. The number of rotatable bonds is 0. The van der Waals surface area contributed by atoms with Crippen LogP contribution in [0.5, 0.6) is 0 Å². The van der Waals surface area contributed by atoms with Crippen molar-refractivity contribution in [2.24, 2.45) is 11.5 Å². The van der Waals surface area contributed by atoms with Crippen LogP contribution in [0.25, 0.3) is 0 Å². The van der Waals surface area contributed by atoms with Gasteiger partial charge in [0.05, 0.1) is 0 Å². The second kappa shape index (κ2) is 5.69. The first-order valence-corrected chi connectivity index (χ1v) is 4.32. The topological polar surface area (TPSA) is 52.0 Å². The molecule has 0 saturated heterocycles. The smallest absolute Gasteiger partial charge is 0.0192 e. The van der Waals surface area contributed by atoms with Gasteiger partial charge < -0.3 is 11.5 Å². The van der Waals surface area contributed by atoms with Gasteiger partial charge in [-0.15, -0.1) is 0 Å².